The number of H-pyrrole nitrogens is 1. The van der Waals surface area contributed by atoms with Gasteiger partial charge < -0.3 is 9.88 Å². The number of benzene rings is 2. The zero-order valence-electron chi connectivity index (χ0n) is 17.8. The van der Waals surface area contributed by atoms with Crippen LogP contribution in [0, 0.1) is 0 Å². The highest BCUT2D eigenvalue weighted by molar-refractivity contribution is 7.21. The van der Waals surface area contributed by atoms with Gasteiger partial charge in [0.25, 0.3) is 5.56 Å². The fourth-order valence-corrected chi connectivity index (χ4v) is 5.36. The number of hydrogen-bond acceptors (Lipinski definition) is 6. The molecule has 1 aliphatic rings. The van der Waals surface area contributed by atoms with E-state index in [0.717, 1.165) is 24.9 Å². The number of aromatic nitrogens is 3. The molecular weight excluding hydrogens is 420 g/mol. The second-order valence-electron chi connectivity index (χ2n) is 8.26. The van der Waals surface area contributed by atoms with Crippen molar-refractivity contribution in [3.8, 4) is 11.4 Å². The van der Waals surface area contributed by atoms with Crippen molar-refractivity contribution in [2.75, 3.05) is 11.4 Å². The molecule has 0 unspecified atom stereocenters. The number of ketones is 1. The number of nitrogens with zero attached hydrogens (tertiary/aromatic N) is 3. The smallest absolute Gasteiger partial charge is 0.278 e. The number of carbonyl (C=O) groups is 1. The predicted octanol–water partition coefficient (Wildman–Crippen LogP) is 4.78. The van der Waals surface area contributed by atoms with E-state index in [9.17, 15) is 9.59 Å². The van der Waals surface area contributed by atoms with Crippen LogP contribution in [0.1, 0.15) is 37.7 Å². The molecule has 0 saturated carbocycles. The first kappa shape index (κ1) is 20.6. The van der Waals surface area contributed by atoms with Crippen LogP contribution >= 0.6 is 11.3 Å². The molecule has 32 heavy (non-hydrogen) atoms. The van der Waals surface area contributed by atoms with Crippen molar-refractivity contribution < 1.29 is 4.79 Å². The summed E-state index contributed by atoms with van der Waals surface area (Å²) in [5.41, 5.74) is 2.11. The quantitative estimate of drug-likeness (QED) is 0.463. The average Bonchev–Trinajstić information content (AvgIpc) is 3.47. The van der Waals surface area contributed by atoms with E-state index in [1.807, 2.05) is 48.5 Å². The van der Waals surface area contributed by atoms with Crippen molar-refractivity contribution in [3.63, 3.8) is 0 Å². The van der Waals surface area contributed by atoms with Crippen LogP contribution in [-0.4, -0.2) is 33.3 Å². The van der Waals surface area contributed by atoms with Crippen LogP contribution in [0.4, 0.5) is 5.13 Å². The summed E-state index contributed by atoms with van der Waals surface area (Å²) >= 11 is 1.39. The summed E-state index contributed by atoms with van der Waals surface area (Å²) in [7, 11) is 0. The second kappa shape index (κ2) is 8.67. The molecule has 5 rings (SSSR count). The third-order valence-electron chi connectivity index (χ3n) is 6.05. The van der Waals surface area contributed by atoms with E-state index in [0.29, 0.717) is 27.7 Å². The van der Waals surface area contributed by atoms with Gasteiger partial charge in [0.2, 0.25) is 0 Å². The molecule has 2 aromatic heterocycles. The fourth-order valence-electron chi connectivity index (χ4n) is 4.34. The number of aromatic amines is 1. The zero-order valence-corrected chi connectivity index (χ0v) is 18.6. The van der Waals surface area contributed by atoms with Gasteiger partial charge >= 0.3 is 0 Å². The van der Waals surface area contributed by atoms with Crippen LogP contribution in [0.3, 0.4) is 0 Å². The maximum absolute atomic E-state index is 13.2. The van der Waals surface area contributed by atoms with Gasteiger partial charge in [-0.3, -0.25) is 9.59 Å². The molecule has 0 radical (unpaired) electrons. The molecule has 2 atom stereocenters. The lowest BCUT2D eigenvalue weighted by Gasteiger charge is -2.24. The summed E-state index contributed by atoms with van der Waals surface area (Å²) in [5, 5.41) is 0.700. The number of fused-ring (bicyclic) bond motifs is 1. The topological polar surface area (TPSA) is 79.0 Å². The molecule has 1 saturated heterocycles. The first-order valence-corrected chi connectivity index (χ1v) is 11.7. The summed E-state index contributed by atoms with van der Waals surface area (Å²) in [6.07, 6.45) is 2.24. The molecule has 1 fully saturated rings. The normalized spacial score (nSPS) is 17.0. The molecule has 7 heteroatoms. The third-order valence-corrected chi connectivity index (χ3v) is 7.04. The Labute approximate surface area is 190 Å². The van der Waals surface area contributed by atoms with Crippen LogP contribution in [0.2, 0.25) is 0 Å². The van der Waals surface area contributed by atoms with Gasteiger partial charge in [0.15, 0.2) is 21.3 Å². The van der Waals surface area contributed by atoms with Gasteiger partial charge in [0, 0.05) is 18.5 Å². The van der Waals surface area contributed by atoms with Gasteiger partial charge in [0.05, 0.1) is 6.04 Å². The van der Waals surface area contributed by atoms with Crippen molar-refractivity contribution in [2.45, 2.75) is 38.1 Å². The molecule has 1 aliphatic heterocycles. The monoisotopic (exact) mass is 444 g/mol. The van der Waals surface area contributed by atoms with Gasteiger partial charge in [-0.1, -0.05) is 78.9 Å². The van der Waals surface area contributed by atoms with Gasteiger partial charge in [-0.15, -0.1) is 0 Å². The van der Waals surface area contributed by atoms with E-state index in [1.165, 1.54) is 16.9 Å². The molecule has 0 aliphatic carbocycles. The van der Waals surface area contributed by atoms with Crippen molar-refractivity contribution in [2.24, 2.45) is 0 Å². The molecule has 0 bridgehead atoms. The number of nitrogens with one attached hydrogen (secondary N) is 1. The summed E-state index contributed by atoms with van der Waals surface area (Å²) in [6.45, 7) is 2.86. The van der Waals surface area contributed by atoms with E-state index in [4.69, 9.17) is 0 Å². The molecule has 0 amide bonds. The van der Waals surface area contributed by atoms with Crippen molar-refractivity contribution in [1.29, 1.82) is 0 Å². The standard InChI is InChI=1S/C25H24N4O2S/c1-16(17-9-4-2-5-10-17)15-20(30)19-13-8-14-29(19)25-26-21-23(31)27-22(28-24(21)32-25)18-11-6-3-7-12-18/h2-7,9-12,16,19H,8,13-15H2,1H3,(H,27,28,31)/t16-,19+/m0/s1. The Morgan fingerprint density at radius 2 is 1.84 bits per heavy atom. The number of hydrogen-bond donors (Lipinski definition) is 1. The minimum Gasteiger partial charge on any atom is -0.338 e. The fraction of sp³-hybridized carbons (Fsp3) is 0.280. The highest BCUT2D eigenvalue weighted by Crippen LogP contribution is 2.33. The minimum absolute atomic E-state index is 0.166. The molecule has 2 aromatic carbocycles. The third kappa shape index (κ3) is 3.96. The Kier molecular flexibility index (Phi) is 5.57. The van der Waals surface area contributed by atoms with Gasteiger partial charge in [-0.05, 0) is 24.3 Å². The zero-order chi connectivity index (χ0) is 22.1. The van der Waals surface area contributed by atoms with Crippen molar-refractivity contribution in [3.05, 3.63) is 76.6 Å². The number of Topliss-reactive ketones (excluding diaryl/α,β-unsaturated/α-hetero) is 1. The maximum atomic E-state index is 13.2. The van der Waals surface area contributed by atoms with Crippen molar-refractivity contribution >= 4 is 32.6 Å². The summed E-state index contributed by atoms with van der Waals surface area (Å²) in [4.78, 5) is 40.6. The van der Waals surface area contributed by atoms with Gasteiger partial charge in [0.1, 0.15) is 5.82 Å². The van der Waals surface area contributed by atoms with Crippen LogP contribution < -0.4 is 10.5 Å². The van der Waals surface area contributed by atoms with E-state index in [-0.39, 0.29) is 23.3 Å². The maximum Gasteiger partial charge on any atom is 0.278 e. The van der Waals surface area contributed by atoms with E-state index in [1.54, 1.807) is 0 Å². The molecule has 4 aromatic rings. The lowest BCUT2D eigenvalue weighted by Crippen LogP contribution is -2.36. The van der Waals surface area contributed by atoms with Gasteiger partial charge in [-0.25, -0.2) is 9.97 Å². The number of rotatable bonds is 6. The lowest BCUT2D eigenvalue weighted by molar-refractivity contribution is -0.120. The van der Waals surface area contributed by atoms with E-state index >= 15 is 0 Å². The molecule has 0 spiro atoms. The number of thiazole rings is 1. The Morgan fingerprint density at radius 3 is 2.59 bits per heavy atom. The molecule has 3 heterocycles. The van der Waals surface area contributed by atoms with Crippen molar-refractivity contribution in [1.82, 2.24) is 15.0 Å². The first-order valence-electron chi connectivity index (χ1n) is 10.9. The Bertz CT molecular complexity index is 1300. The Balaban J connectivity index is 1.41. The molecule has 162 valence electrons. The summed E-state index contributed by atoms with van der Waals surface area (Å²) < 4.78 is 0. The number of carbonyl (C=O) groups excluding carboxylic acids is 1. The van der Waals surface area contributed by atoms with Gasteiger partial charge in [-0.2, -0.15) is 0 Å². The molecular formula is C25H24N4O2S. The SMILES string of the molecule is C[C@@H](CC(=O)[C@H]1CCCN1c1nc2c(=O)[nH]c(-c3ccccc3)nc2s1)c1ccccc1. The largest absolute Gasteiger partial charge is 0.338 e. The van der Waals surface area contributed by atoms with E-state index in [2.05, 4.69) is 38.9 Å². The van der Waals surface area contributed by atoms with Crippen LogP contribution in [0.25, 0.3) is 21.7 Å². The highest BCUT2D eigenvalue weighted by Gasteiger charge is 2.33. The van der Waals surface area contributed by atoms with Crippen LogP contribution in [-0.2, 0) is 4.79 Å². The van der Waals surface area contributed by atoms with Crippen LogP contribution in [0.15, 0.2) is 65.5 Å². The highest BCUT2D eigenvalue weighted by atomic mass is 32.1. The minimum atomic E-state index is -0.254. The average molecular weight is 445 g/mol. The Morgan fingerprint density at radius 1 is 1.12 bits per heavy atom. The first-order chi connectivity index (χ1) is 15.6. The van der Waals surface area contributed by atoms with E-state index < -0.39 is 0 Å². The predicted molar refractivity (Wildman–Crippen MR) is 128 cm³/mol. The lowest BCUT2D eigenvalue weighted by atomic mass is 9.93. The number of anilines is 1. The second-order valence-corrected chi connectivity index (χ2v) is 9.22. The molecule has 6 nitrogen and oxygen atoms in total. The summed E-state index contributed by atoms with van der Waals surface area (Å²) in [6, 6.07) is 19.5. The summed E-state index contributed by atoms with van der Waals surface area (Å²) in [5.74, 6) is 0.924. The van der Waals surface area contributed by atoms with Crippen LogP contribution in [0.5, 0.6) is 0 Å². The Hall–Kier alpha value is -3.32. The molecule has 1 N–H and O–H groups in total.